The summed E-state index contributed by atoms with van der Waals surface area (Å²) in [5, 5.41) is 4.06. The Morgan fingerprint density at radius 3 is 2.73 bits per heavy atom. The van der Waals surface area contributed by atoms with Crippen molar-refractivity contribution < 1.29 is 4.79 Å². The van der Waals surface area contributed by atoms with Gasteiger partial charge in [-0.3, -0.25) is 4.79 Å². The van der Waals surface area contributed by atoms with E-state index in [0.717, 1.165) is 11.4 Å². The average Bonchev–Trinajstić information content (AvgIpc) is 2.22. The predicted molar refractivity (Wildman–Crippen MR) is 63.8 cm³/mol. The smallest absolute Gasteiger partial charge is 0.226 e. The molecule has 1 aliphatic rings. The second-order valence-electron chi connectivity index (χ2n) is 3.04. The van der Waals surface area contributed by atoms with Crippen LogP contribution in [0.15, 0.2) is 29.3 Å². The fourth-order valence-electron chi connectivity index (χ4n) is 1.15. The van der Waals surface area contributed by atoms with Crippen LogP contribution in [0.25, 0.3) is 0 Å². The first-order valence-electron chi connectivity index (χ1n) is 4.51. The van der Waals surface area contributed by atoms with E-state index in [0.29, 0.717) is 16.6 Å². The molecule has 0 saturated carbocycles. The Morgan fingerprint density at radius 2 is 2.07 bits per heavy atom. The van der Waals surface area contributed by atoms with E-state index in [-0.39, 0.29) is 5.91 Å². The highest BCUT2D eigenvalue weighted by Crippen LogP contribution is 2.19. The van der Waals surface area contributed by atoms with Gasteiger partial charge < -0.3 is 5.32 Å². The number of carbonyl (C=O) groups excluding carboxylic acids is 1. The summed E-state index contributed by atoms with van der Waals surface area (Å²) in [4.78, 5) is 15.4. The largest absolute Gasteiger partial charge is 0.305 e. The minimum atomic E-state index is 0.0291. The SMILES string of the molecule is O=C1CCSC(=Nc2ccc(Cl)cc2)N1. The van der Waals surface area contributed by atoms with Crippen molar-refractivity contribution in [3.05, 3.63) is 29.3 Å². The summed E-state index contributed by atoms with van der Waals surface area (Å²) in [6, 6.07) is 7.18. The number of thioether (sulfide) groups is 1. The van der Waals surface area contributed by atoms with Gasteiger partial charge in [0.2, 0.25) is 5.91 Å². The molecule has 1 aliphatic heterocycles. The van der Waals surface area contributed by atoms with E-state index >= 15 is 0 Å². The van der Waals surface area contributed by atoms with Crippen molar-refractivity contribution in [3.63, 3.8) is 0 Å². The van der Waals surface area contributed by atoms with Gasteiger partial charge in [-0.05, 0) is 24.3 Å². The molecule has 0 radical (unpaired) electrons. The zero-order valence-corrected chi connectivity index (χ0v) is 9.44. The van der Waals surface area contributed by atoms with E-state index in [1.165, 1.54) is 0 Å². The van der Waals surface area contributed by atoms with Gasteiger partial charge in [0.15, 0.2) is 5.17 Å². The van der Waals surface area contributed by atoms with Crippen LogP contribution in [0.5, 0.6) is 0 Å². The zero-order chi connectivity index (χ0) is 10.7. The van der Waals surface area contributed by atoms with Gasteiger partial charge >= 0.3 is 0 Å². The summed E-state index contributed by atoms with van der Waals surface area (Å²) in [5.41, 5.74) is 0.795. The van der Waals surface area contributed by atoms with Crippen LogP contribution in [-0.4, -0.2) is 16.8 Å². The molecule has 3 nitrogen and oxygen atoms in total. The zero-order valence-electron chi connectivity index (χ0n) is 7.87. The summed E-state index contributed by atoms with van der Waals surface area (Å²) in [6.07, 6.45) is 0.560. The van der Waals surface area contributed by atoms with Gasteiger partial charge in [0.1, 0.15) is 0 Å². The molecule has 0 aliphatic carbocycles. The standard InChI is InChI=1S/C10H9ClN2OS/c11-7-1-3-8(4-2-7)12-10-13-9(14)5-6-15-10/h1-4H,5-6H2,(H,12,13,14). The van der Waals surface area contributed by atoms with Crippen LogP contribution in [-0.2, 0) is 4.79 Å². The summed E-state index contributed by atoms with van der Waals surface area (Å²) < 4.78 is 0. The second kappa shape index (κ2) is 4.68. The Morgan fingerprint density at radius 1 is 1.33 bits per heavy atom. The molecule has 0 unspecified atom stereocenters. The van der Waals surface area contributed by atoms with E-state index in [1.807, 2.05) is 12.1 Å². The maximum atomic E-state index is 11.1. The second-order valence-corrected chi connectivity index (χ2v) is 4.56. The molecule has 15 heavy (non-hydrogen) atoms. The van der Waals surface area contributed by atoms with Gasteiger partial charge in [-0.25, -0.2) is 4.99 Å². The van der Waals surface area contributed by atoms with E-state index in [9.17, 15) is 4.79 Å². The third-order valence-corrected chi connectivity index (χ3v) is 3.00. The van der Waals surface area contributed by atoms with Gasteiger partial charge in [0.05, 0.1) is 5.69 Å². The summed E-state index contributed by atoms with van der Waals surface area (Å²) in [7, 11) is 0. The number of carbonyl (C=O) groups is 1. The molecule has 1 saturated heterocycles. The summed E-state index contributed by atoms with van der Waals surface area (Å²) in [6.45, 7) is 0. The quantitative estimate of drug-likeness (QED) is 0.820. The number of aliphatic imine (C=N–C) groups is 1. The number of hydrogen-bond donors (Lipinski definition) is 1. The highest BCUT2D eigenvalue weighted by Gasteiger charge is 2.13. The van der Waals surface area contributed by atoms with Crippen LogP contribution in [0.1, 0.15) is 6.42 Å². The molecule has 0 spiro atoms. The molecule has 1 amide bonds. The van der Waals surface area contributed by atoms with Gasteiger partial charge in [0, 0.05) is 17.2 Å². The molecular weight excluding hydrogens is 232 g/mol. The van der Waals surface area contributed by atoms with E-state index < -0.39 is 0 Å². The Bertz CT molecular complexity index is 402. The molecule has 0 aromatic heterocycles. The number of halogens is 1. The van der Waals surface area contributed by atoms with Gasteiger partial charge in [0.25, 0.3) is 0 Å². The predicted octanol–water partition coefficient (Wildman–Crippen LogP) is 2.58. The molecule has 0 atom stereocenters. The molecule has 1 N–H and O–H groups in total. The van der Waals surface area contributed by atoms with Crippen molar-refractivity contribution in [1.82, 2.24) is 5.32 Å². The van der Waals surface area contributed by atoms with Gasteiger partial charge in [-0.1, -0.05) is 23.4 Å². The van der Waals surface area contributed by atoms with Crippen molar-refractivity contribution in [2.24, 2.45) is 4.99 Å². The van der Waals surface area contributed by atoms with E-state index in [2.05, 4.69) is 10.3 Å². The molecule has 78 valence electrons. The summed E-state index contributed by atoms with van der Waals surface area (Å²) in [5.74, 6) is 0.819. The van der Waals surface area contributed by atoms with Crippen LogP contribution in [0.3, 0.4) is 0 Å². The number of amides is 1. The van der Waals surface area contributed by atoms with Crippen LogP contribution in [0.2, 0.25) is 5.02 Å². The monoisotopic (exact) mass is 240 g/mol. The third-order valence-electron chi connectivity index (χ3n) is 1.87. The lowest BCUT2D eigenvalue weighted by molar-refractivity contribution is -0.119. The molecule has 2 rings (SSSR count). The third kappa shape index (κ3) is 2.97. The molecule has 1 fully saturated rings. The van der Waals surface area contributed by atoms with Crippen molar-refractivity contribution in [3.8, 4) is 0 Å². The van der Waals surface area contributed by atoms with Gasteiger partial charge in [-0.2, -0.15) is 0 Å². The molecular formula is C10H9ClN2OS. The number of nitrogens with zero attached hydrogens (tertiary/aromatic N) is 1. The number of nitrogens with one attached hydrogen (secondary N) is 1. The van der Waals surface area contributed by atoms with Crippen molar-refractivity contribution in [2.75, 3.05) is 5.75 Å². The van der Waals surface area contributed by atoms with Crippen LogP contribution in [0.4, 0.5) is 5.69 Å². The minimum Gasteiger partial charge on any atom is -0.305 e. The Kier molecular flexibility index (Phi) is 3.28. The first-order chi connectivity index (χ1) is 7.24. The van der Waals surface area contributed by atoms with Crippen LogP contribution < -0.4 is 5.32 Å². The lowest BCUT2D eigenvalue weighted by atomic mass is 10.3. The first-order valence-corrected chi connectivity index (χ1v) is 5.87. The topological polar surface area (TPSA) is 41.5 Å². The first kappa shape index (κ1) is 10.5. The van der Waals surface area contributed by atoms with Crippen molar-refractivity contribution >= 4 is 40.1 Å². The minimum absolute atomic E-state index is 0.0291. The highest BCUT2D eigenvalue weighted by atomic mass is 35.5. The van der Waals surface area contributed by atoms with E-state index in [4.69, 9.17) is 11.6 Å². The van der Waals surface area contributed by atoms with Crippen LogP contribution in [0, 0.1) is 0 Å². The highest BCUT2D eigenvalue weighted by molar-refractivity contribution is 8.14. The fraction of sp³-hybridized carbons (Fsp3) is 0.200. The Labute approximate surface area is 96.9 Å². The number of hydrogen-bond acceptors (Lipinski definition) is 3. The number of benzene rings is 1. The summed E-state index contributed by atoms with van der Waals surface area (Å²) >= 11 is 7.31. The Hall–Kier alpha value is -1.00. The number of amidine groups is 1. The number of rotatable bonds is 1. The normalized spacial score (nSPS) is 19.0. The van der Waals surface area contributed by atoms with Gasteiger partial charge in [-0.15, -0.1) is 0 Å². The lowest BCUT2D eigenvalue weighted by Gasteiger charge is -2.12. The fourth-order valence-corrected chi connectivity index (χ4v) is 2.11. The molecule has 1 aromatic carbocycles. The van der Waals surface area contributed by atoms with Crippen molar-refractivity contribution in [1.29, 1.82) is 0 Å². The van der Waals surface area contributed by atoms with Crippen molar-refractivity contribution in [2.45, 2.75) is 6.42 Å². The Balaban J connectivity index is 2.15. The molecule has 0 bridgehead atoms. The molecule has 1 aromatic rings. The maximum absolute atomic E-state index is 11.1. The maximum Gasteiger partial charge on any atom is 0.226 e. The van der Waals surface area contributed by atoms with Crippen LogP contribution >= 0.6 is 23.4 Å². The van der Waals surface area contributed by atoms with E-state index in [1.54, 1.807) is 23.9 Å². The average molecular weight is 241 g/mol. The lowest BCUT2D eigenvalue weighted by Crippen LogP contribution is -2.32. The molecule has 5 heteroatoms. The molecule has 1 heterocycles.